The van der Waals surface area contributed by atoms with Gasteiger partial charge in [-0.25, -0.2) is 4.98 Å². The van der Waals surface area contributed by atoms with E-state index in [0.29, 0.717) is 17.6 Å². The van der Waals surface area contributed by atoms with Gasteiger partial charge in [0.05, 0.1) is 5.56 Å². The van der Waals surface area contributed by atoms with E-state index in [1.54, 1.807) is 6.20 Å². The van der Waals surface area contributed by atoms with Crippen LogP contribution in [0.4, 0.5) is 5.82 Å². The summed E-state index contributed by atoms with van der Waals surface area (Å²) in [6, 6.07) is 7.04. The van der Waals surface area contributed by atoms with E-state index in [2.05, 4.69) is 21.3 Å². The normalized spacial score (nSPS) is 26.8. The number of piperidine rings is 1. The van der Waals surface area contributed by atoms with Crippen LogP contribution in [0.25, 0.3) is 0 Å². The van der Waals surface area contributed by atoms with Crippen LogP contribution in [-0.2, 0) is 4.79 Å². The third kappa shape index (κ3) is 2.78. The number of anilines is 1. The zero-order chi connectivity index (χ0) is 15.7. The molecule has 1 aromatic rings. The Morgan fingerprint density at radius 3 is 2.55 bits per heavy atom. The fourth-order valence-electron chi connectivity index (χ4n) is 3.64. The minimum atomic E-state index is 0.0378. The Hall–Kier alpha value is -2.09. The molecule has 116 valence electrons. The number of aromatic nitrogens is 1. The minimum Gasteiger partial charge on any atom is -0.353 e. The number of fused-ring (bicyclic) bond motifs is 2. The van der Waals surface area contributed by atoms with E-state index < -0.39 is 0 Å². The van der Waals surface area contributed by atoms with Gasteiger partial charge in [-0.2, -0.15) is 5.26 Å². The predicted octanol–water partition coefficient (Wildman–Crippen LogP) is 2.23. The predicted molar refractivity (Wildman–Crippen MR) is 84.2 cm³/mol. The van der Waals surface area contributed by atoms with Crippen LogP contribution in [0.1, 0.15) is 45.1 Å². The van der Waals surface area contributed by atoms with E-state index in [0.717, 1.165) is 31.5 Å². The first-order valence-corrected chi connectivity index (χ1v) is 8.03. The maximum Gasteiger partial charge on any atom is 0.222 e. The van der Waals surface area contributed by atoms with Gasteiger partial charge >= 0.3 is 0 Å². The molecule has 1 N–H and O–H groups in total. The standard InChI is InChI=1S/C17H22N4O/c1-11(2)17(22)20-13-7-14-4-5-15(8-13)21(14)16-6-3-12(9-18)10-19-16/h3,6,10-11,13-15H,4-5,7-8H2,1-2H3,(H,20,22). The van der Waals surface area contributed by atoms with Gasteiger partial charge in [0.2, 0.25) is 5.91 Å². The first-order chi connectivity index (χ1) is 10.6. The highest BCUT2D eigenvalue weighted by Crippen LogP contribution is 2.38. The first-order valence-electron chi connectivity index (χ1n) is 8.03. The highest BCUT2D eigenvalue weighted by Gasteiger charge is 2.41. The van der Waals surface area contributed by atoms with E-state index in [1.807, 2.05) is 26.0 Å². The van der Waals surface area contributed by atoms with Crippen molar-refractivity contribution in [3.05, 3.63) is 23.9 Å². The third-order valence-corrected chi connectivity index (χ3v) is 4.75. The van der Waals surface area contributed by atoms with Crippen molar-refractivity contribution in [2.45, 2.75) is 57.7 Å². The Labute approximate surface area is 131 Å². The molecule has 0 radical (unpaired) electrons. The summed E-state index contributed by atoms with van der Waals surface area (Å²) in [4.78, 5) is 18.7. The summed E-state index contributed by atoms with van der Waals surface area (Å²) in [6.07, 6.45) is 5.91. The fourth-order valence-corrected chi connectivity index (χ4v) is 3.64. The molecular weight excluding hydrogens is 276 g/mol. The summed E-state index contributed by atoms with van der Waals surface area (Å²) in [7, 11) is 0. The quantitative estimate of drug-likeness (QED) is 0.929. The molecule has 2 fully saturated rings. The van der Waals surface area contributed by atoms with Crippen LogP contribution in [0.15, 0.2) is 18.3 Å². The molecule has 22 heavy (non-hydrogen) atoms. The summed E-state index contributed by atoms with van der Waals surface area (Å²) >= 11 is 0. The van der Waals surface area contributed by atoms with E-state index in [9.17, 15) is 4.79 Å². The second-order valence-corrected chi connectivity index (χ2v) is 6.64. The Morgan fingerprint density at radius 1 is 1.36 bits per heavy atom. The Balaban J connectivity index is 1.70. The first kappa shape index (κ1) is 14.8. The number of rotatable bonds is 3. The molecule has 2 unspecified atom stereocenters. The third-order valence-electron chi connectivity index (χ3n) is 4.75. The van der Waals surface area contributed by atoms with Crippen molar-refractivity contribution in [1.29, 1.82) is 5.26 Å². The van der Waals surface area contributed by atoms with Crippen LogP contribution < -0.4 is 10.2 Å². The van der Waals surface area contributed by atoms with Crippen LogP contribution in [0, 0.1) is 17.2 Å². The fraction of sp³-hybridized carbons (Fsp3) is 0.588. The lowest BCUT2D eigenvalue weighted by Crippen LogP contribution is -2.51. The van der Waals surface area contributed by atoms with Crippen molar-refractivity contribution in [3.8, 4) is 6.07 Å². The highest BCUT2D eigenvalue weighted by molar-refractivity contribution is 5.78. The van der Waals surface area contributed by atoms with Gasteiger partial charge in [-0.05, 0) is 37.8 Å². The SMILES string of the molecule is CC(C)C(=O)NC1CC2CCC(C1)N2c1ccc(C#N)cn1. The number of nitrogens with one attached hydrogen (secondary N) is 1. The van der Waals surface area contributed by atoms with Gasteiger partial charge in [0.25, 0.3) is 0 Å². The van der Waals surface area contributed by atoms with Gasteiger partial charge in [0.15, 0.2) is 0 Å². The van der Waals surface area contributed by atoms with Crippen LogP contribution in [-0.4, -0.2) is 29.0 Å². The van der Waals surface area contributed by atoms with Crippen LogP contribution >= 0.6 is 0 Å². The van der Waals surface area contributed by atoms with Gasteiger partial charge in [-0.1, -0.05) is 13.8 Å². The topological polar surface area (TPSA) is 69.0 Å². The van der Waals surface area contributed by atoms with Gasteiger partial charge in [-0.3, -0.25) is 4.79 Å². The number of carbonyl (C=O) groups excluding carboxylic acids is 1. The molecule has 1 aromatic heterocycles. The van der Waals surface area contributed by atoms with Gasteiger partial charge in [0, 0.05) is 30.2 Å². The largest absolute Gasteiger partial charge is 0.353 e. The van der Waals surface area contributed by atoms with E-state index in [-0.39, 0.29) is 17.9 Å². The van der Waals surface area contributed by atoms with Gasteiger partial charge in [-0.15, -0.1) is 0 Å². The lowest BCUT2D eigenvalue weighted by molar-refractivity contribution is -0.124. The lowest BCUT2D eigenvalue weighted by Gasteiger charge is -2.40. The number of nitriles is 1. The molecule has 3 heterocycles. The second-order valence-electron chi connectivity index (χ2n) is 6.64. The molecule has 5 nitrogen and oxygen atoms in total. The summed E-state index contributed by atoms with van der Waals surface area (Å²) in [6.45, 7) is 3.86. The molecular formula is C17H22N4O. The molecule has 2 saturated heterocycles. The Morgan fingerprint density at radius 2 is 2.05 bits per heavy atom. The zero-order valence-electron chi connectivity index (χ0n) is 13.1. The number of nitrogens with zero attached hydrogens (tertiary/aromatic N) is 3. The van der Waals surface area contributed by atoms with Crippen LogP contribution in [0.5, 0.6) is 0 Å². The van der Waals surface area contributed by atoms with Gasteiger partial charge < -0.3 is 10.2 Å². The molecule has 0 spiro atoms. The number of pyridine rings is 1. The van der Waals surface area contributed by atoms with Crippen LogP contribution in [0.2, 0.25) is 0 Å². The second kappa shape index (κ2) is 5.96. The monoisotopic (exact) mass is 298 g/mol. The van der Waals surface area contributed by atoms with Gasteiger partial charge in [0.1, 0.15) is 11.9 Å². The Kier molecular flexibility index (Phi) is 4.02. The molecule has 3 rings (SSSR count). The van der Waals surface area contributed by atoms with E-state index in [4.69, 9.17) is 5.26 Å². The number of amides is 1. The molecule has 0 aromatic carbocycles. The number of hydrogen-bond acceptors (Lipinski definition) is 4. The molecule has 2 aliphatic heterocycles. The van der Waals surface area contributed by atoms with Crippen molar-refractivity contribution < 1.29 is 4.79 Å². The summed E-state index contributed by atoms with van der Waals surface area (Å²) < 4.78 is 0. The molecule has 5 heteroatoms. The van der Waals surface area contributed by atoms with E-state index in [1.165, 1.54) is 0 Å². The molecule has 2 bridgehead atoms. The maximum atomic E-state index is 11.9. The lowest BCUT2D eigenvalue weighted by atomic mass is 9.96. The smallest absolute Gasteiger partial charge is 0.222 e. The minimum absolute atomic E-state index is 0.0378. The summed E-state index contributed by atoms with van der Waals surface area (Å²) in [5.41, 5.74) is 0.593. The average molecular weight is 298 g/mol. The number of hydrogen-bond donors (Lipinski definition) is 1. The van der Waals surface area contributed by atoms with E-state index >= 15 is 0 Å². The van der Waals surface area contributed by atoms with Crippen molar-refractivity contribution in [2.75, 3.05) is 4.90 Å². The molecule has 0 saturated carbocycles. The maximum absolute atomic E-state index is 11.9. The Bertz CT molecular complexity index is 576. The van der Waals surface area contributed by atoms with Crippen molar-refractivity contribution >= 4 is 11.7 Å². The summed E-state index contributed by atoms with van der Waals surface area (Å²) in [5.74, 6) is 1.14. The molecule has 2 atom stereocenters. The zero-order valence-corrected chi connectivity index (χ0v) is 13.1. The van der Waals surface area contributed by atoms with Crippen LogP contribution in [0.3, 0.4) is 0 Å². The summed E-state index contributed by atoms with van der Waals surface area (Å²) in [5, 5.41) is 12.1. The van der Waals surface area contributed by atoms with Crippen molar-refractivity contribution in [3.63, 3.8) is 0 Å². The highest BCUT2D eigenvalue weighted by atomic mass is 16.1. The van der Waals surface area contributed by atoms with Crippen molar-refractivity contribution in [2.24, 2.45) is 5.92 Å². The average Bonchev–Trinajstić information content (AvgIpc) is 2.78. The molecule has 0 aliphatic carbocycles. The molecule has 2 aliphatic rings. The number of carbonyl (C=O) groups is 1. The molecule has 1 amide bonds. The van der Waals surface area contributed by atoms with Crippen molar-refractivity contribution in [1.82, 2.24) is 10.3 Å².